The Kier molecular flexibility index (Phi) is 5.40. The molecule has 2 rings (SSSR count). The molecule has 130 valence electrons. The van der Waals surface area contributed by atoms with E-state index in [-0.39, 0.29) is 27.6 Å². The SMILES string of the molecule is COc1cc(/C=N/NC(=O)c2cc(Cl)ccc2O)cc([N+](=O)[O-])c1[O-]. The Morgan fingerprint density at radius 3 is 2.76 bits per heavy atom. The number of carbonyl (C=O) groups is 1. The molecule has 0 aliphatic heterocycles. The molecule has 0 spiro atoms. The zero-order valence-electron chi connectivity index (χ0n) is 12.7. The number of ether oxygens (including phenoxy) is 1. The van der Waals surface area contributed by atoms with Crippen molar-refractivity contribution in [2.45, 2.75) is 0 Å². The molecule has 2 aromatic carbocycles. The molecular formula is C15H11ClN3O6-. The van der Waals surface area contributed by atoms with E-state index in [1.54, 1.807) is 0 Å². The summed E-state index contributed by atoms with van der Waals surface area (Å²) in [6.45, 7) is 0. The van der Waals surface area contributed by atoms with Gasteiger partial charge in [-0.15, -0.1) is 0 Å². The Morgan fingerprint density at radius 1 is 1.40 bits per heavy atom. The molecule has 0 unspecified atom stereocenters. The number of hydrogen-bond acceptors (Lipinski definition) is 7. The highest BCUT2D eigenvalue weighted by Crippen LogP contribution is 2.33. The number of nitrogens with zero attached hydrogens (tertiary/aromatic N) is 2. The first kappa shape index (κ1) is 18.0. The second-order valence-electron chi connectivity index (χ2n) is 4.69. The molecule has 25 heavy (non-hydrogen) atoms. The fourth-order valence-corrected chi connectivity index (χ4v) is 2.06. The molecule has 0 heterocycles. The van der Waals surface area contributed by atoms with Gasteiger partial charge < -0.3 is 14.9 Å². The van der Waals surface area contributed by atoms with E-state index >= 15 is 0 Å². The molecule has 2 N–H and O–H groups in total. The molecule has 0 aromatic heterocycles. The first-order chi connectivity index (χ1) is 11.8. The van der Waals surface area contributed by atoms with Crippen molar-refractivity contribution in [2.75, 3.05) is 7.11 Å². The third-order valence-corrected chi connectivity index (χ3v) is 3.29. The minimum atomic E-state index is -0.863. The molecule has 0 atom stereocenters. The van der Waals surface area contributed by atoms with Crippen LogP contribution < -0.4 is 15.3 Å². The minimum absolute atomic E-state index is 0.0943. The van der Waals surface area contributed by atoms with Crippen LogP contribution in [0.2, 0.25) is 5.02 Å². The van der Waals surface area contributed by atoms with E-state index in [9.17, 15) is 25.1 Å². The number of phenols is 1. The average Bonchev–Trinajstić information content (AvgIpc) is 2.57. The molecule has 0 bridgehead atoms. The van der Waals surface area contributed by atoms with Gasteiger partial charge in [-0.25, -0.2) is 5.43 Å². The number of methoxy groups -OCH3 is 1. The van der Waals surface area contributed by atoms with Gasteiger partial charge in [0.2, 0.25) is 0 Å². The zero-order chi connectivity index (χ0) is 18.6. The Morgan fingerprint density at radius 2 is 2.12 bits per heavy atom. The lowest BCUT2D eigenvalue weighted by atomic mass is 10.2. The number of nitro benzene ring substituents is 1. The summed E-state index contributed by atoms with van der Waals surface area (Å²) < 4.78 is 4.79. The molecule has 10 heteroatoms. The van der Waals surface area contributed by atoms with Crippen molar-refractivity contribution in [1.82, 2.24) is 5.43 Å². The summed E-state index contributed by atoms with van der Waals surface area (Å²) >= 11 is 5.75. The van der Waals surface area contributed by atoms with Crippen molar-refractivity contribution < 1.29 is 24.7 Å². The Balaban J connectivity index is 2.22. The largest absolute Gasteiger partial charge is 0.865 e. The lowest BCUT2D eigenvalue weighted by Gasteiger charge is -2.12. The van der Waals surface area contributed by atoms with Gasteiger partial charge in [0.25, 0.3) is 11.6 Å². The fourth-order valence-electron chi connectivity index (χ4n) is 1.89. The highest BCUT2D eigenvalue weighted by atomic mass is 35.5. The van der Waals surface area contributed by atoms with Crippen LogP contribution in [-0.4, -0.2) is 29.3 Å². The van der Waals surface area contributed by atoms with Crippen LogP contribution in [0.3, 0.4) is 0 Å². The molecule has 9 nitrogen and oxygen atoms in total. The summed E-state index contributed by atoms with van der Waals surface area (Å²) in [5, 5.41) is 36.1. The number of aromatic hydroxyl groups is 1. The van der Waals surface area contributed by atoms with Crippen LogP contribution >= 0.6 is 11.6 Å². The minimum Gasteiger partial charge on any atom is -0.865 e. The lowest BCUT2D eigenvalue weighted by Crippen LogP contribution is -2.17. The van der Waals surface area contributed by atoms with Crippen molar-refractivity contribution in [3.63, 3.8) is 0 Å². The average molecular weight is 365 g/mol. The van der Waals surface area contributed by atoms with E-state index in [1.165, 1.54) is 31.4 Å². The predicted molar refractivity (Wildman–Crippen MR) is 87.3 cm³/mol. The van der Waals surface area contributed by atoms with Crippen LogP contribution in [0.5, 0.6) is 17.2 Å². The number of nitro groups is 1. The van der Waals surface area contributed by atoms with Crippen LogP contribution in [0.15, 0.2) is 35.4 Å². The normalized spacial score (nSPS) is 10.6. The Labute approximate surface area is 146 Å². The van der Waals surface area contributed by atoms with Gasteiger partial charge in [0, 0.05) is 22.4 Å². The fraction of sp³-hybridized carbons (Fsp3) is 0.0667. The van der Waals surface area contributed by atoms with Crippen molar-refractivity contribution in [1.29, 1.82) is 0 Å². The van der Waals surface area contributed by atoms with Crippen LogP contribution in [-0.2, 0) is 0 Å². The molecular weight excluding hydrogens is 354 g/mol. The first-order valence-corrected chi connectivity index (χ1v) is 7.06. The number of amides is 1. The number of benzene rings is 2. The highest BCUT2D eigenvalue weighted by Gasteiger charge is 2.13. The summed E-state index contributed by atoms with van der Waals surface area (Å²) in [6, 6.07) is 6.15. The van der Waals surface area contributed by atoms with E-state index in [2.05, 4.69) is 10.5 Å². The molecule has 0 fully saturated rings. The van der Waals surface area contributed by atoms with E-state index in [4.69, 9.17) is 16.3 Å². The predicted octanol–water partition coefficient (Wildman–Crippen LogP) is 1.80. The number of rotatable bonds is 5. The molecule has 0 saturated carbocycles. The molecule has 0 radical (unpaired) electrons. The summed E-state index contributed by atoms with van der Waals surface area (Å²) in [7, 11) is 1.20. The van der Waals surface area contributed by atoms with Gasteiger partial charge in [0.05, 0.1) is 23.8 Å². The highest BCUT2D eigenvalue weighted by molar-refractivity contribution is 6.31. The number of hydrazone groups is 1. The van der Waals surface area contributed by atoms with Crippen LogP contribution in [0, 0.1) is 10.1 Å². The van der Waals surface area contributed by atoms with Gasteiger partial charge >= 0.3 is 0 Å². The molecule has 2 aromatic rings. The van der Waals surface area contributed by atoms with E-state index in [1.807, 2.05) is 0 Å². The summed E-state index contributed by atoms with van der Waals surface area (Å²) in [4.78, 5) is 22.0. The maximum Gasteiger partial charge on any atom is 0.275 e. The number of carbonyl (C=O) groups excluding carboxylic acids is 1. The second-order valence-corrected chi connectivity index (χ2v) is 5.13. The van der Waals surface area contributed by atoms with Gasteiger partial charge in [-0.2, -0.15) is 5.10 Å². The van der Waals surface area contributed by atoms with Crippen molar-refractivity contribution in [3.8, 4) is 17.2 Å². The second kappa shape index (κ2) is 7.49. The Hall–Kier alpha value is -3.33. The van der Waals surface area contributed by atoms with E-state index in [0.29, 0.717) is 0 Å². The topological polar surface area (TPSA) is 137 Å². The quantitative estimate of drug-likeness (QED) is 0.471. The van der Waals surface area contributed by atoms with E-state index < -0.39 is 22.3 Å². The summed E-state index contributed by atoms with van der Waals surface area (Å²) in [5.74, 6) is -2.12. The molecule has 1 amide bonds. The number of phenolic OH excluding ortho intramolecular Hbond substituents is 1. The molecule has 0 saturated heterocycles. The lowest BCUT2D eigenvalue weighted by molar-refractivity contribution is -0.398. The maximum absolute atomic E-state index is 11.9. The van der Waals surface area contributed by atoms with Crippen LogP contribution in [0.25, 0.3) is 0 Å². The third kappa shape index (κ3) is 4.15. The smallest absolute Gasteiger partial charge is 0.275 e. The van der Waals surface area contributed by atoms with Crippen LogP contribution in [0.1, 0.15) is 15.9 Å². The van der Waals surface area contributed by atoms with Gasteiger partial charge in [0.1, 0.15) is 11.5 Å². The third-order valence-electron chi connectivity index (χ3n) is 3.06. The van der Waals surface area contributed by atoms with Crippen molar-refractivity contribution in [2.24, 2.45) is 5.10 Å². The standard InChI is InChI=1S/C15H12ClN3O6/c1-25-13-5-8(4-11(14(13)21)19(23)24)7-17-18-15(22)10-6-9(16)2-3-12(10)20/h2-7,20-21H,1H3,(H,18,22)/p-1/b17-7+. The summed E-state index contributed by atoms with van der Waals surface area (Å²) in [6.07, 6.45) is 1.09. The maximum atomic E-state index is 11.9. The van der Waals surface area contributed by atoms with Gasteiger partial charge in [-0.3, -0.25) is 14.9 Å². The van der Waals surface area contributed by atoms with Crippen molar-refractivity contribution >= 4 is 29.4 Å². The van der Waals surface area contributed by atoms with Gasteiger partial charge in [-0.1, -0.05) is 11.6 Å². The van der Waals surface area contributed by atoms with Gasteiger partial charge in [0.15, 0.2) is 0 Å². The van der Waals surface area contributed by atoms with Crippen LogP contribution in [0.4, 0.5) is 5.69 Å². The number of hydrogen-bond donors (Lipinski definition) is 2. The zero-order valence-corrected chi connectivity index (χ0v) is 13.5. The van der Waals surface area contributed by atoms with E-state index in [0.717, 1.165) is 12.3 Å². The molecule has 0 aliphatic rings. The monoisotopic (exact) mass is 364 g/mol. The number of nitrogens with one attached hydrogen (secondary N) is 1. The first-order valence-electron chi connectivity index (χ1n) is 6.69. The molecule has 0 aliphatic carbocycles. The summed E-state index contributed by atoms with van der Waals surface area (Å²) in [5.41, 5.74) is 1.53. The Bertz CT molecular complexity index is 869. The van der Waals surface area contributed by atoms with Crippen molar-refractivity contribution in [3.05, 3.63) is 56.6 Å². The van der Waals surface area contributed by atoms with Gasteiger partial charge in [-0.05, 0) is 24.3 Å². The number of halogens is 1.